The first-order chi connectivity index (χ1) is 12.2. The van der Waals surface area contributed by atoms with Crippen molar-refractivity contribution in [1.29, 1.82) is 0 Å². The lowest BCUT2D eigenvalue weighted by Gasteiger charge is -2.19. The summed E-state index contributed by atoms with van der Waals surface area (Å²) >= 11 is 0. The molecule has 0 aliphatic carbocycles. The van der Waals surface area contributed by atoms with E-state index in [1.165, 1.54) is 11.1 Å². The number of hydrogen-bond acceptors (Lipinski definition) is 6. The Labute approximate surface area is 153 Å². The van der Waals surface area contributed by atoms with E-state index in [9.17, 15) is 13.2 Å². The van der Waals surface area contributed by atoms with Gasteiger partial charge >= 0.3 is 0 Å². The summed E-state index contributed by atoms with van der Waals surface area (Å²) in [4.78, 5) is 13.3. The van der Waals surface area contributed by atoms with Crippen LogP contribution in [0.5, 0.6) is 0 Å². The maximum Gasteiger partial charge on any atom is 0.224 e. The number of unbranched alkanes of at least 4 members (excludes halogenated alkanes) is 1. The topological polar surface area (TPSA) is 119 Å². The summed E-state index contributed by atoms with van der Waals surface area (Å²) in [7, 11) is -3.34. The molecule has 0 unspecified atom stereocenters. The molecular formula is C16H24N6O3S. The number of benzene rings is 1. The average molecular weight is 380 g/mol. The van der Waals surface area contributed by atoms with Crippen LogP contribution in [0.15, 0.2) is 30.6 Å². The van der Waals surface area contributed by atoms with E-state index in [0.717, 1.165) is 5.69 Å². The standard InChI is InChI=1S/C16H24N6O3S/c1-16(2,3)26(24,25)19-11-5-4-6-15(23)20-13-7-9-14(10-8-13)22-18-12-17-21-22/h7-10,12,19H,4-6,11H2,1-3H3,(H,20,23). The number of sulfonamides is 1. The third kappa shape index (κ3) is 5.60. The largest absolute Gasteiger partial charge is 0.326 e. The molecule has 2 rings (SSSR count). The lowest BCUT2D eigenvalue weighted by Crippen LogP contribution is -2.39. The van der Waals surface area contributed by atoms with Gasteiger partial charge in [0.1, 0.15) is 0 Å². The molecule has 26 heavy (non-hydrogen) atoms. The summed E-state index contributed by atoms with van der Waals surface area (Å²) in [6, 6.07) is 7.07. The fraction of sp³-hybridized carbons (Fsp3) is 0.500. The maximum atomic E-state index is 12.0. The molecule has 0 bridgehead atoms. The number of nitrogens with one attached hydrogen (secondary N) is 2. The number of hydrogen-bond donors (Lipinski definition) is 2. The minimum atomic E-state index is -3.34. The lowest BCUT2D eigenvalue weighted by atomic mass is 10.2. The Morgan fingerprint density at radius 1 is 1.15 bits per heavy atom. The van der Waals surface area contributed by atoms with Crippen LogP contribution in [0.25, 0.3) is 5.69 Å². The van der Waals surface area contributed by atoms with Crippen molar-refractivity contribution in [3.05, 3.63) is 30.6 Å². The molecule has 0 aliphatic rings. The number of anilines is 1. The smallest absolute Gasteiger partial charge is 0.224 e. The van der Waals surface area contributed by atoms with E-state index in [2.05, 4.69) is 25.4 Å². The predicted molar refractivity (Wildman–Crippen MR) is 98.3 cm³/mol. The summed E-state index contributed by atoms with van der Waals surface area (Å²) in [5, 5.41) is 14.2. The highest BCUT2D eigenvalue weighted by atomic mass is 32.2. The van der Waals surface area contributed by atoms with Crippen molar-refractivity contribution in [3.8, 4) is 5.69 Å². The molecule has 0 atom stereocenters. The second-order valence-electron chi connectivity index (χ2n) is 6.79. The Bertz CT molecular complexity index is 811. The van der Waals surface area contributed by atoms with Gasteiger partial charge in [0.15, 0.2) is 6.33 Å². The van der Waals surface area contributed by atoms with Crippen molar-refractivity contribution in [1.82, 2.24) is 24.9 Å². The predicted octanol–water partition coefficient (Wildman–Crippen LogP) is 1.49. The molecule has 0 saturated carbocycles. The molecule has 2 N–H and O–H groups in total. The van der Waals surface area contributed by atoms with Gasteiger partial charge in [-0.15, -0.1) is 15.0 Å². The molecule has 9 nitrogen and oxygen atoms in total. The summed E-state index contributed by atoms with van der Waals surface area (Å²) < 4.78 is 25.5. The molecular weight excluding hydrogens is 356 g/mol. The highest BCUT2D eigenvalue weighted by molar-refractivity contribution is 7.90. The van der Waals surface area contributed by atoms with Gasteiger partial charge in [-0.05, 0) is 63.1 Å². The van der Waals surface area contributed by atoms with Crippen molar-refractivity contribution in [2.75, 3.05) is 11.9 Å². The fourth-order valence-corrected chi connectivity index (χ4v) is 2.87. The van der Waals surface area contributed by atoms with E-state index in [4.69, 9.17) is 0 Å². The third-order valence-corrected chi connectivity index (χ3v) is 5.86. The Morgan fingerprint density at radius 2 is 1.85 bits per heavy atom. The Morgan fingerprint density at radius 3 is 2.42 bits per heavy atom. The van der Waals surface area contributed by atoms with E-state index in [-0.39, 0.29) is 5.91 Å². The van der Waals surface area contributed by atoms with E-state index in [1.54, 1.807) is 45.0 Å². The summed E-state index contributed by atoms with van der Waals surface area (Å²) in [5.74, 6) is -0.115. The van der Waals surface area contributed by atoms with Crippen LogP contribution in [-0.4, -0.2) is 45.8 Å². The monoisotopic (exact) mass is 380 g/mol. The van der Waals surface area contributed by atoms with Crippen LogP contribution in [0.4, 0.5) is 5.69 Å². The van der Waals surface area contributed by atoms with E-state index in [1.807, 2.05) is 0 Å². The van der Waals surface area contributed by atoms with E-state index >= 15 is 0 Å². The number of aromatic nitrogens is 4. The second-order valence-corrected chi connectivity index (χ2v) is 9.31. The van der Waals surface area contributed by atoms with Crippen LogP contribution in [0, 0.1) is 0 Å². The van der Waals surface area contributed by atoms with Crippen LogP contribution >= 0.6 is 0 Å². The molecule has 10 heteroatoms. The third-order valence-electron chi connectivity index (χ3n) is 3.66. The quantitative estimate of drug-likeness (QED) is 0.670. The van der Waals surface area contributed by atoms with Gasteiger partial charge in [-0.3, -0.25) is 4.79 Å². The van der Waals surface area contributed by atoms with Crippen LogP contribution < -0.4 is 10.0 Å². The number of carbonyl (C=O) groups excluding carboxylic acids is 1. The van der Waals surface area contributed by atoms with Crippen molar-refractivity contribution >= 4 is 21.6 Å². The first-order valence-electron chi connectivity index (χ1n) is 8.31. The van der Waals surface area contributed by atoms with Gasteiger partial charge in [-0.1, -0.05) is 0 Å². The minimum Gasteiger partial charge on any atom is -0.326 e. The number of rotatable bonds is 8. The van der Waals surface area contributed by atoms with Crippen LogP contribution in [0.3, 0.4) is 0 Å². The van der Waals surface area contributed by atoms with Gasteiger partial charge in [-0.25, -0.2) is 13.1 Å². The summed E-state index contributed by atoms with van der Waals surface area (Å²) in [6.45, 7) is 5.26. The lowest BCUT2D eigenvalue weighted by molar-refractivity contribution is -0.116. The normalized spacial score (nSPS) is 12.1. The van der Waals surface area contributed by atoms with E-state index in [0.29, 0.717) is 31.5 Å². The van der Waals surface area contributed by atoms with Crippen molar-refractivity contribution in [2.45, 2.75) is 44.8 Å². The summed E-state index contributed by atoms with van der Waals surface area (Å²) in [5.41, 5.74) is 1.42. The molecule has 0 saturated heterocycles. The molecule has 1 aromatic heterocycles. The SMILES string of the molecule is CC(C)(C)S(=O)(=O)NCCCCC(=O)Nc1ccc(-n2ncnn2)cc1. The Balaban J connectivity index is 1.71. The number of amides is 1. The zero-order valence-electron chi connectivity index (χ0n) is 15.1. The van der Waals surface area contributed by atoms with Gasteiger partial charge in [-0.2, -0.15) is 0 Å². The average Bonchev–Trinajstić information content (AvgIpc) is 3.08. The summed E-state index contributed by atoms with van der Waals surface area (Å²) in [6.07, 6.45) is 2.86. The van der Waals surface area contributed by atoms with Crippen LogP contribution in [0.2, 0.25) is 0 Å². The van der Waals surface area contributed by atoms with Gasteiger partial charge < -0.3 is 5.32 Å². The highest BCUT2D eigenvalue weighted by Crippen LogP contribution is 2.14. The highest BCUT2D eigenvalue weighted by Gasteiger charge is 2.27. The maximum absolute atomic E-state index is 12.0. The second kappa shape index (κ2) is 8.37. The van der Waals surface area contributed by atoms with Gasteiger partial charge in [0.2, 0.25) is 15.9 Å². The van der Waals surface area contributed by atoms with Crippen molar-refractivity contribution < 1.29 is 13.2 Å². The molecule has 1 aromatic carbocycles. The van der Waals surface area contributed by atoms with Gasteiger partial charge in [0, 0.05) is 18.7 Å². The van der Waals surface area contributed by atoms with Gasteiger partial charge in [0.25, 0.3) is 0 Å². The number of tetrazole rings is 1. The molecule has 0 spiro atoms. The first kappa shape index (κ1) is 20.0. The fourth-order valence-electron chi connectivity index (χ4n) is 2.02. The Kier molecular flexibility index (Phi) is 6.43. The molecule has 1 amide bonds. The molecule has 0 radical (unpaired) electrons. The zero-order chi connectivity index (χ0) is 19.2. The van der Waals surface area contributed by atoms with Crippen molar-refractivity contribution in [2.24, 2.45) is 0 Å². The van der Waals surface area contributed by atoms with E-state index < -0.39 is 14.8 Å². The Hall–Kier alpha value is -2.33. The van der Waals surface area contributed by atoms with Gasteiger partial charge in [0.05, 0.1) is 10.4 Å². The molecule has 0 fully saturated rings. The van der Waals surface area contributed by atoms with Crippen LogP contribution in [-0.2, 0) is 14.8 Å². The molecule has 1 heterocycles. The van der Waals surface area contributed by atoms with Crippen molar-refractivity contribution in [3.63, 3.8) is 0 Å². The first-order valence-corrected chi connectivity index (χ1v) is 9.80. The number of carbonyl (C=O) groups is 1. The number of nitrogens with zero attached hydrogens (tertiary/aromatic N) is 4. The minimum absolute atomic E-state index is 0.115. The molecule has 142 valence electrons. The zero-order valence-corrected chi connectivity index (χ0v) is 16.0. The molecule has 2 aromatic rings. The molecule has 0 aliphatic heterocycles. The van der Waals surface area contributed by atoms with Crippen LogP contribution in [0.1, 0.15) is 40.0 Å².